The van der Waals surface area contributed by atoms with Crippen molar-refractivity contribution in [2.75, 3.05) is 8.84 Å². The summed E-state index contributed by atoms with van der Waals surface area (Å²) >= 11 is 11.5. The van der Waals surface area contributed by atoms with E-state index in [-0.39, 0.29) is 11.8 Å². The predicted molar refractivity (Wildman–Crippen MR) is 64.5 cm³/mol. The number of halogens is 2. The molecule has 6 heteroatoms. The smallest absolute Gasteiger partial charge is 0.238 e. The first kappa shape index (κ1) is 12.8. The molecular weight excluding hydrogens is 251 g/mol. The Hall–Kier alpha value is -1.26. The van der Waals surface area contributed by atoms with Gasteiger partial charge in [0.15, 0.2) is 0 Å². The summed E-state index contributed by atoms with van der Waals surface area (Å²) in [6.45, 7) is 2.67. The maximum Gasteiger partial charge on any atom is 0.238 e. The lowest BCUT2D eigenvalue weighted by Crippen LogP contribution is -2.19. The monoisotopic (exact) mass is 260 g/mol. The van der Waals surface area contributed by atoms with Crippen LogP contribution in [0.2, 0.25) is 0 Å². The van der Waals surface area contributed by atoms with Crippen LogP contribution in [-0.2, 0) is 9.59 Å². The van der Waals surface area contributed by atoms with Crippen LogP contribution in [0.3, 0.4) is 0 Å². The minimum atomic E-state index is -0.317. The Morgan fingerprint density at radius 3 is 1.69 bits per heavy atom. The second-order valence-corrected chi connectivity index (χ2v) is 3.80. The second-order valence-electron chi connectivity index (χ2n) is 3.12. The van der Waals surface area contributed by atoms with E-state index in [0.29, 0.717) is 11.4 Å². The summed E-state index contributed by atoms with van der Waals surface area (Å²) in [6, 6.07) is 6.48. The summed E-state index contributed by atoms with van der Waals surface area (Å²) in [4.78, 5) is 22.1. The summed E-state index contributed by atoms with van der Waals surface area (Å²) in [7, 11) is 0. The first-order valence-electron chi connectivity index (χ1n) is 4.46. The van der Waals surface area contributed by atoms with Crippen LogP contribution in [0, 0.1) is 0 Å². The van der Waals surface area contributed by atoms with Crippen molar-refractivity contribution >= 4 is 46.7 Å². The number of benzene rings is 1. The number of nitrogens with zero attached hydrogens (tertiary/aromatic N) is 2. The summed E-state index contributed by atoms with van der Waals surface area (Å²) < 4.78 is 1.91. The molecule has 0 fully saturated rings. The number of amides is 2. The van der Waals surface area contributed by atoms with E-state index in [0.717, 1.165) is 8.84 Å². The van der Waals surface area contributed by atoms with E-state index in [1.807, 2.05) is 0 Å². The van der Waals surface area contributed by atoms with Crippen molar-refractivity contribution in [2.24, 2.45) is 0 Å². The molecule has 0 saturated carbocycles. The fraction of sp³-hybridized carbons (Fsp3) is 0.200. The highest BCUT2D eigenvalue weighted by Gasteiger charge is 2.12. The van der Waals surface area contributed by atoms with Crippen molar-refractivity contribution in [3.63, 3.8) is 0 Å². The SMILES string of the molecule is CC(=O)N(Cl)c1cccc(N(Cl)C(C)=O)c1. The van der Waals surface area contributed by atoms with Crippen LogP contribution in [0.25, 0.3) is 0 Å². The van der Waals surface area contributed by atoms with Crippen LogP contribution in [0.4, 0.5) is 11.4 Å². The molecule has 86 valence electrons. The Balaban J connectivity index is 3.04. The molecule has 0 N–H and O–H groups in total. The van der Waals surface area contributed by atoms with Gasteiger partial charge in [-0.05, 0) is 18.2 Å². The van der Waals surface area contributed by atoms with Crippen molar-refractivity contribution in [1.82, 2.24) is 0 Å². The van der Waals surface area contributed by atoms with Crippen molar-refractivity contribution in [1.29, 1.82) is 0 Å². The summed E-state index contributed by atoms with van der Waals surface area (Å²) in [6.07, 6.45) is 0. The maximum absolute atomic E-state index is 11.0. The van der Waals surface area contributed by atoms with E-state index < -0.39 is 0 Å². The molecule has 0 aliphatic carbocycles. The highest BCUT2D eigenvalue weighted by molar-refractivity contribution is 6.37. The Kier molecular flexibility index (Phi) is 4.15. The third-order valence-electron chi connectivity index (χ3n) is 1.84. The molecule has 0 bridgehead atoms. The van der Waals surface area contributed by atoms with Crippen LogP contribution in [0.5, 0.6) is 0 Å². The molecule has 0 unspecified atom stereocenters. The standard InChI is InChI=1S/C10H10Cl2N2O2/c1-7(15)13(11)9-4-3-5-10(6-9)14(12)8(2)16/h3-6H,1-2H3. The van der Waals surface area contributed by atoms with Crippen LogP contribution < -0.4 is 8.84 Å². The minimum absolute atomic E-state index is 0.317. The van der Waals surface area contributed by atoms with Gasteiger partial charge < -0.3 is 0 Å². The van der Waals surface area contributed by atoms with Gasteiger partial charge in [0, 0.05) is 37.4 Å². The van der Waals surface area contributed by atoms with E-state index in [1.54, 1.807) is 24.3 Å². The lowest BCUT2D eigenvalue weighted by molar-refractivity contribution is -0.116. The van der Waals surface area contributed by atoms with Crippen molar-refractivity contribution in [2.45, 2.75) is 13.8 Å². The van der Waals surface area contributed by atoms with Gasteiger partial charge in [0.25, 0.3) is 0 Å². The zero-order valence-corrected chi connectivity index (χ0v) is 10.3. The molecule has 1 aromatic rings. The Labute approximate surface area is 104 Å². The second kappa shape index (κ2) is 5.18. The third-order valence-corrected chi connectivity index (χ3v) is 2.70. The molecule has 1 rings (SSSR count). The normalized spacial score (nSPS) is 9.75. The molecule has 1 aromatic carbocycles. The molecule has 0 heterocycles. The number of hydrogen-bond donors (Lipinski definition) is 0. The van der Waals surface area contributed by atoms with E-state index in [9.17, 15) is 9.59 Å². The lowest BCUT2D eigenvalue weighted by atomic mass is 10.2. The first-order chi connectivity index (χ1) is 7.43. The van der Waals surface area contributed by atoms with Crippen LogP contribution in [0.1, 0.15) is 13.8 Å². The van der Waals surface area contributed by atoms with Gasteiger partial charge in [-0.3, -0.25) is 9.59 Å². The number of carbonyl (C=O) groups excluding carboxylic acids is 2. The number of rotatable bonds is 2. The topological polar surface area (TPSA) is 40.6 Å². The highest BCUT2D eigenvalue weighted by atomic mass is 35.5. The van der Waals surface area contributed by atoms with Crippen molar-refractivity contribution in [3.8, 4) is 0 Å². The zero-order chi connectivity index (χ0) is 12.3. The van der Waals surface area contributed by atoms with Gasteiger partial charge in [-0.1, -0.05) is 6.07 Å². The molecular formula is C10H10Cl2N2O2. The maximum atomic E-state index is 11.0. The van der Waals surface area contributed by atoms with Gasteiger partial charge in [0.05, 0.1) is 11.4 Å². The zero-order valence-electron chi connectivity index (χ0n) is 8.78. The Bertz CT molecular complexity index is 388. The van der Waals surface area contributed by atoms with Gasteiger partial charge >= 0.3 is 0 Å². The Morgan fingerprint density at radius 1 is 1.00 bits per heavy atom. The Morgan fingerprint density at radius 2 is 1.38 bits per heavy atom. The summed E-state index contributed by atoms with van der Waals surface area (Å²) in [5.41, 5.74) is 0.914. The van der Waals surface area contributed by atoms with Crippen molar-refractivity contribution < 1.29 is 9.59 Å². The minimum Gasteiger partial charge on any atom is -0.274 e. The van der Waals surface area contributed by atoms with Crippen LogP contribution in [-0.4, -0.2) is 11.8 Å². The quantitative estimate of drug-likeness (QED) is 0.768. The van der Waals surface area contributed by atoms with Crippen LogP contribution >= 0.6 is 23.6 Å². The molecule has 0 radical (unpaired) electrons. The average molecular weight is 261 g/mol. The molecule has 0 saturated heterocycles. The van der Waals surface area contributed by atoms with E-state index in [2.05, 4.69) is 0 Å². The average Bonchev–Trinajstić information content (AvgIpc) is 2.26. The lowest BCUT2D eigenvalue weighted by Gasteiger charge is -2.15. The van der Waals surface area contributed by atoms with Crippen molar-refractivity contribution in [3.05, 3.63) is 24.3 Å². The predicted octanol–water partition coefficient (Wildman–Crippen LogP) is 2.70. The van der Waals surface area contributed by atoms with Gasteiger partial charge in [-0.15, -0.1) is 0 Å². The summed E-state index contributed by atoms with van der Waals surface area (Å²) in [5, 5.41) is 0. The largest absolute Gasteiger partial charge is 0.274 e. The van der Waals surface area contributed by atoms with Gasteiger partial charge in [0.2, 0.25) is 11.8 Å². The summed E-state index contributed by atoms with van der Waals surface area (Å²) in [5.74, 6) is -0.634. The molecule has 0 aromatic heterocycles. The molecule has 0 atom stereocenters. The van der Waals surface area contributed by atoms with Gasteiger partial charge in [0.1, 0.15) is 0 Å². The van der Waals surface area contributed by atoms with E-state index >= 15 is 0 Å². The fourth-order valence-corrected chi connectivity index (χ4v) is 1.31. The number of hydrogen-bond acceptors (Lipinski definition) is 2. The molecule has 0 aliphatic heterocycles. The van der Waals surface area contributed by atoms with Crippen LogP contribution in [0.15, 0.2) is 24.3 Å². The van der Waals surface area contributed by atoms with Gasteiger partial charge in [-0.25, -0.2) is 8.84 Å². The number of carbonyl (C=O) groups is 2. The van der Waals surface area contributed by atoms with E-state index in [4.69, 9.17) is 23.6 Å². The molecule has 0 spiro atoms. The first-order valence-corrected chi connectivity index (χ1v) is 5.14. The molecule has 4 nitrogen and oxygen atoms in total. The highest BCUT2D eigenvalue weighted by Crippen LogP contribution is 2.25. The fourth-order valence-electron chi connectivity index (χ4n) is 1.10. The third kappa shape index (κ3) is 2.87. The molecule has 0 aliphatic rings. The van der Waals surface area contributed by atoms with E-state index in [1.165, 1.54) is 13.8 Å². The molecule has 16 heavy (non-hydrogen) atoms. The molecule has 2 amide bonds. The number of anilines is 2. The van der Waals surface area contributed by atoms with Gasteiger partial charge in [-0.2, -0.15) is 0 Å².